The quantitative estimate of drug-likeness (QED) is 0.815. The Morgan fingerprint density at radius 1 is 1.62 bits per heavy atom. The summed E-state index contributed by atoms with van der Waals surface area (Å²) in [7, 11) is 1.40. The Morgan fingerprint density at radius 2 is 2.33 bits per heavy atom. The van der Waals surface area contributed by atoms with Crippen molar-refractivity contribution in [1.82, 2.24) is 4.90 Å². The van der Waals surface area contributed by atoms with Gasteiger partial charge in [-0.15, -0.1) is 0 Å². The number of carbonyl (C=O) groups is 1. The molecule has 1 fully saturated rings. The molecule has 5 nitrogen and oxygen atoms in total. The lowest BCUT2D eigenvalue weighted by atomic mass is 10.0. The number of amides is 1. The molecule has 1 saturated heterocycles. The van der Waals surface area contributed by atoms with Crippen LogP contribution in [0.15, 0.2) is 12.1 Å². The number of benzene rings is 1. The van der Waals surface area contributed by atoms with Crippen LogP contribution in [-0.2, 0) is 4.79 Å². The molecule has 1 atom stereocenters. The molecule has 1 unspecified atom stereocenters. The number of hydrogen-bond acceptors (Lipinski definition) is 6. The molecule has 1 aliphatic rings. The normalized spacial score (nSPS) is 16.1. The third-order valence-corrected chi connectivity index (χ3v) is 4.94. The van der Waals surface area contributed by atoms with Crippen molar-refractivity contribution in [2.24, 2.45) is 0 Å². The Bertz CT molecular complexity index is 582. The van der Waals surface area contributed by atoms with Gasteiger partial charge >= 0.3 is 0 Å². The first-order valence-corrected chi connectivity index (χ1v) is 7.93. The number of aromatic hydroxyl groups is 1. The van der Waals surface area contributed by atoms with Crippen molar-refractivity contribution in [2.45, 2.75) is 12.5 Å². The standard InChI is InChI=1S/C13H14ClNO4S2/c1-19-9-3-2-7(11(14)12(9)18)8(16)6-10(17)15-4-5-21-13(15)20/h2-3,8,16,18H,4-6H2,1H3. The van der Waals surface area contributed by atoms with Crippen molar-refractivity contribution in [3.05, 3.63) is 22.7 Å². The summed E-state index contributed by atoms with van der Waals surface area (Å²) < 4.78 is 5.45. The van der Waals surface area contributed by atoms with Gasteiger partial charge in [0.15, 0.2) is 11.5 Å². The van der Waals surface area contributed by atoms with Gasteiger partial charge in [0.25, 0.3) is 0 Å². The number of nitrogens with zero attached hydrogens (tertiary/aromatic N) is 1. The van der Waals surface area contributed by atoms with Gasteiger partial charge in [0.1, 0.15) is 4.32 Å². The Balaban J connectivity index is 2.13. The average molecular weight is 348 g/mol. The molecule has 1 aromatic rings. The fourth-order valence-electron chi connectivity index (χ4n) is 1.99. The maximum absolute atomic E-state index is 12.1. The van der Waals surface area contributed by atoms with Crippen molar-refractivity contribution < 1.29 is 19.7 Å². The van der Waals surface area contributed by atoms with E-state index in [9.17, 15) is 15.0 Å². The van der Waals surface area contributed by atoms with Crippen LogP contribution in [0, 0.1) is 0 Å². The first-order chi connectivity index (χ1) is 9.95. The highest BCUT2D eigenvalue weighted by molar-refractivity contribution is 8.23. The zero-order valence-electron chi connectivity index (χ0n) is 11.2. The Morgan fingerprint density at radius 3 is 2.90 bits per heavy atom. The third kappa shape index (κ3) is 3.42. The molecule has 114 valence electrons. The second-order valence-corrected chi connectivity index (χ2v) is 6.51. The third-order valence-electron chi connectivity index (χ3n) is 3.12. The van der Waals surface area contributed by atoms with Crippen LogP contribution in [-0.4, -0.2) is 44.7 Å². The number of thiocarbonyl (C=S) groups is 1. The minimum atomic E-state index is -1.12. The number of phenols is 1. The van der Waals surface area contributed by atoms with E-state index in [1.807, 2.05) is 0 Å². The molecule has 8 heteroatoms. The highest BCUT2D eigenvalue weighted by Gasteiger charge is 2.27. The first kappa shape index (κ1) is 16.4. The molecule has 2 rings (SSSR count). The summed E-state index contributed by atoms with van der Waals surface area (Å²) in [5.74, 6) is 0.462. The Kier molecular flexibility index (Phi) is 5.32. The second kappa shape index (κ2) is 6.83. The maximum atomic E-state index is 12.1. The highest BCUT2D eigenvalue weighted by atomic mass is 35.5. The molecule has 0 saturated carbocycles. The van der Waals surface area contributed by atoms with Gasteiger partial charge in [-0.25, -0.2) is 0 Å². The van der Waals surface area contributed by atoms with Gasteiger partial charge in [-0.05, 0) is 6.07 Å². The first-order valence-electron chi connectivity index (χ1n) is 6.16. The van der Waals surface area contributed by atoms with E-state index < -0.39 is 6.10 Å². The number of aliphatic hydroxyl groups excluding tert-OH is 1. The van der Waals surface area contributed by atoms with E-state index in [-0.39, 0.29) is 34.4 Å². The van der Waals surface area contributed by atoms with Crippen LogP contribution in [0.25, 0.3) is 0 Å². The molecule has 2 N–H and O–H groups in total. The van der Waals surface area contributed by atoms with Gasteiger partial charge in [0, 0.05) is 17.9 Å². The molecule has 1 amide bonds. The monoisotopic (exact) mass is 347 g/mol. The Hall–Kier alpha value is -1.02. The molecular weight excluding hydrogens is 334 g/mol. The van der Waals surface area contributed by atoms with Crippen LogP contribution in [0.3, 0.4) is 0 Å². The minimum Gasteiger partial charge on any atom is -0.503 e. The van der Waals surface area contributed by atoms with E-state index >= 15 is 0 Å². The summed E-state index contributed by atoms with van der Waals surface area (Å²) in [6, 6.07) is 3.01. The largest absolute Gasteiger partial charge is 0.503 e. The number of aliphatic hydroxyl groups is 1. The van der Waals surface area contributed by atoms with Gasteiger partial charge in [-0.3, -0.25) is 9.69 Å². The van der Waals surface area contributed by atoms with Gasteiger partial charge in [0.2, 0.25) is 5.91 Å². The number of thioether (sulfide) groups is 1. The minimum absolute atomic E-state index is 0.0203. The van der Waals surface area contributed by atoms with Crippen LogP contribution >= 0.6 is 35.6 Å². The predicted octanol–water partition coefficient (Wildman–Crippen LogP) is 2.34. The van der Waals surface area contributed by atoms with E-state index in [2.05, 4.69) is 0 Å². The molecular formula is C13H14ClNO4S2. The lowest BCUT2D eigenvalue weighted by Crippen LogP contribution is -2.31. The van der Waals surface area contributed by atoms with E-state index in [1.54, 1.807) is 0 Å². The number of ether oxygens (including phenoxy) is 1. The van der Waals surface area contributed by atoms with Crippen LogP contribution in [0.2, 0.25) is 5.02 Å². The number of halogens is 1. The van der Waals surface area contributed by atoms with Crippen molar-refractivity contribution in [2.75, 3.05) is 19.4 Å². The average Bonchev–Trinajstić information content (AvgIpc) is 2.87. The number of carbonyl (C=O) groups excluding carboxylic acids is 1. The van der Waals surface area contributed by atoms with Gasteiger partial charge in [0.05, 0.1) is 24.7 Å². The molecule has 1 heterocycles. The van der Waals surface area contributed by atoms with Crippen LogP contribution in [0.5, 0.6) is 11.5 Å². The zero-order chi connectivity index (χ0) is 15.6. The van der Waals surface area contributed by atoms with Crippen LogP contribution in [0.1, 0.15) is 18.1 Å². The Labute approximate surface area is 136 Å². The van der Waals surface area contributed by atoms with E-state index in [0.717, 1.165) is 5.75 Å². The second-order valence-electron chi connectivity index (χ2n) is 4.40. The van der Waals surface area contributed by atoms with E-state index in [4.69, 9.17) is 28.6 Å². The van der Waals surface area contributed by atoms with Crippen LogP contribution < -0.4 is 4.74 Å². The summed E-state index contributed by atoms with van der Waals surface area (Å²) >= 11 is 12.5. The van der Waals surface area contributed by atoms with Gasteiger partial charge < -0.3 is 14.9 Å². The van der Waals surface area contributed by atoms with Gasteiger partial charge in [-0.2, -0.15) is 0 Å². The highest BCUT2D eigenvalue weighted by Crippen LogP contribution is 2.39. The number of methoxy groups -OCH3 is 1. The molecule has 0 aromatic heterocycles. The fourth-order valence-corrected chi connectivity index (χ4v) is 3.51. The summed E-state index contributed by atoms with van der Waals surface area (Å²) in [5.41, 5.74) is 0.279. The smallest absolute Gasteiger partial charge is 0.230 e. The topological polar surface area (TPSA) is 70.0 Å². The summed E-state index contributed by atoms with van der Waals surface area (Å²) in [5, 5.41) is 20.0. The van der Waals surface area contributed by atoms with Gasteiger partial charge in [-0.1, -0.05) is 41.6 Å². The summed E-state index contributed by atoms with van der Waals surface area (Å²) in [4.78, 5) is 13.6. The molecule has 0 radical (unpaired) electrons. The fraction of sp³-hybridized carbons (Fsp3) is 0.385. The summed E-state index contributed by atoms with van der Waals surface area (Å²) in [6.07, 6.45) is -1.26. The van der Waals surface area contributed by atoms with Crippen molar-refractivity contribution in [3.8, 4) is 11.5 Å². The van der Waals surface area contributed by atoms with E-state index in [1.165, 1.54) is 35.9 Å². The molecule has 0 spiro atoms. The maximum Gasteiger partial charge on any atom is 0.230 e. The molecule has 1 aliphatic heterocycles. The number of hydrogen-bond donors (Lipinski definition) is 2. The SMILES string of the molecule is COc1ccc(C(O)CC(=O)N2CCSC2=S)c(Cl)c1O. The predicted molar refractivity (Wildman–Crippen MR) is 86.0 cm³/mol. The lowest BCUT2D eigenvalue weighted by molar-refractivity contribution is -0.128. The lowest BCUT2D eigenvalue weighted by Gasteiger charge is -2.19. The number of phenolic OH excluding ortho intramolecular Hbond substituents is 1. The van der Waals surface area contributed by atoms with Crippen molar-refractivity contribution in [1.29, 1.82) is 0 Å². The molecule has 0 bridgehead atoms. The molecule has 21 heavy (non-hydrogen) atoms. The van der Waals surface area contributed by atoms with Crippen molar-refractivity contribution >= 4 is 45.8 Å². The zero-order valence-corrected chi connectivity index (χ0v) is 13.6. The molecule has 0 aliphatic carbocycles. The molecule has 1 aromatic carbocycles. The number of rotatable bonds is 4. The summed E-state index contributed by atoms with van der Waals surface area (Å²) in [6.45, 7) is 0.552. The van der Waals surface area contributed by atoms with Crippen LogP contribution in [0.4, 0.5) is 0 Å². The van der Waals surface area contributed by atoms with Crippen molar-refractivity contribution in [3.63, 3.8) is 0 Å². The van der Waals surface area contributed by atoms with E-state index in [0.29, 0.717) is 10.9 Å².